The SMILES string of the molecule is O=C([O-])CNC(=O)[O-].[Na+].[Na+]. The molecule has 1 amide bonds. The van der Waals surface area contributed by atoms with Gasteiger partial charge in [0.25, 0.3) is 0 Å². The topological polar surface area (TPSA) is 92.3 Å². The number of hydrogen-bond acceptors (Lipinski definition) is 4. The van der Waals surface area contributed by atoms with Crippen LogP contribution in [-0.4, -0.2) is 18.6 Å². The van der Waals surface area contributed by atoms with Crippen LogP contribution in [0.2, 0.25) is 0 Å². The summed E-state index contributed by atoms with van der Waals surface area (Å²) in [6.07, 6.45) is -1.62. The van der Waals surface area contributed by atoms with Crippen LogP contribution in [0.3, 0.4) is 0 Å². The van der Waals surface area contributed by atoms with E-state index in [1.165, 1.54) is 5.32 Å². The molecule has 0 aromatic heterocycles. The third-order valence-corrected chi connectivity index (χ3v) is 0.377. The summed E-state index contributed by atoms with van der Waals surface area (Å²) in [5.41, 5.74) is 0. The van der Waals surface area contributed by atoms with Gasteiger partial charge in [-0.05, 0) is 0 Å². The Morgan fingerprint density at radius 3 is 1.70 bits per heavy atom. The first-order chi connectivity index (χ1) is 3.63. The molecule has 0 fully saturated rings. The van der Waals surface area contributed by atoms with Crippen molar-refractivity contribution in [3.05, 3.63) is 0 Å². The largest absolute Gasteiger partial charge is 1.00 e. The van der Waals surface area contributed by atoms with Crippen LogP contribution in [0.15, 0.2) is 0 Å². The number of carbonyl (C=O) groups excluding carboxylic acids is 2. The summed E-state index contributed by atoms with van der Waals surface area (Å²) in [5, 5.41) is 20.3. The minimum absolute atomic E-state index is 0. The number of carboxylic acids is 1. The zero-order valence-corrected chi connectivity index (χ0v) is 9.84. The van der Waals surface area contributed by atoms with Crippen molar-refractivity contribution >= 4 is 12.1 Å². The Hall–Kier alpha value is 0.740. The van der Waals surface area contributed by atoms with Gasteiger partial charge in [-0.15, -0.1) is 0 Å². The smallest absolute Gasteiger partial charge is 0.548 e. The second-order valence-corrected chi connectivity index (χ2v) is 1.01. The van der Waals surface area contributed by atoms with Crippen LogP contribution in [0, 0.1) is 0 Å². The summed E-state index contributed by atoms with van der Waals surface area (Å²) in [7, 11) is 0. The minimum atomic E-state index is -1.62. The summed E-state index contributed by atoms with van der Waals surface area (Å²) < 4.78 is 0. The van der Waals surface area contributed by atoms with Gasteiger partial charge in [0.1, 0.15) is 6.09 Å². The molecule has 0 aliphatic heterocycles. The van der Waals surface area contributed by atoms with Gasteiger partial charge in [-0.2, -0.15) is 0 Å². The monoisotopic (exact) mass is 163 g/mol. The molecule has 0 aliphatic carbocycles. The van der Waals surface area contributed by atoms with Crippen LogP contribution in [0.25, 0.3) is 0 Å². The van der Waals surface area contributed by atoms with Gasteiger partial charge in [0.15, 0.2) is 0 Å². The summed E-state index contributed by atoms with van der Waals surface area (Å²) in [5.74, 6) is -1.48. The maximum absolute atomic E-state index is 9.44. The minimum Gasteiger partial charge on any atom is -0.548 e. The van der Waals surface area contributed by atoms with E-state index < -0.39 is 18.6 Å². The van der Waals surface area contributed by atoms with E-state index in [1.807, 2.05) is 0 Å². The summed E-state index contributed by atoms with van der Waals surface area (Å²) in [4.78, 5) is 18.8. The first kappa shape index (κ1) is 17.0. The molecule has 5 nitrogen and oxygen atoms in total. The van der Waals surface area contributed by atoms with Gasteiger partial charge in [-0.1, -0.05) is 0 Å². The van der Waals surface area contributed by atoms with Gasteiger partial charge in [0.05, 0.1) is 12.5 Å². The molecule has 0 heterocycles. The maximum Gasteiger partial charge on any atom is 1.00 e. The van der Waals surface area contributed by atoms with Crippen molar-refractivity contribution in [2.45, 2.75) is 0 Å². The van der Waals surface area contributed by atoms with E-state index in [2.05, 4.69) is 0 Å². The van der Waals surface area contributed by atoms with E-state index in [0.29, 0.717) is 0 Å². The predicted octanol–water partition coefficient (Wildman–Crippen LogP) is -9.32. The molecule has 0 unspecified atom stereocenters. The number of carbonyl (C=O) groups is 2. The zero-order chi connectivity index (χ0) is 6.57. The van der Waals surface area contributed by atoms with Crippen molar-refractivity contribution in [1.29, 1.82) is 0 Å². The van der Waals surface area contributed by atoms with Crippen molar-refractivity contribution in [3.8, 4) is 0 Å². The van der Waals surface area contributed by atoms with E-state index in [4.69, 9.17) is 0 Å². The number of amides is 1. The molecule has 10 heavy (non-hydrogen) atoms. The van der Waals surface area contributed by atoms with Crippen molar-refractivity contribution < 1.29 is 78.9 Å². The number of carboxylic acid groups (broad SMARTS) is 2. The molecule has 0 aromatic rings. The zero-order valence-electron chi connectivity index (χ0n) is 5.84. The van der Waals surface area contributed by atoms with Gasteiger partial charge in [0.2, 0.25) is 0 Å². The van der Waals surface area contributed by atoms with Gasteiger partial charge in [-0.25, -0.2) is 0 Å². The van der Waals surface area contributed by atoms with E-state index in [0.717, 1.165) is 0 Å². The van der Waals surface area contributed by atoms with Crippen LogP contribution in [0.1, 0.15) is 0 Å². The van der Waals surface area contributed by atoms with Crippen molar-refractivity contribution in [2.75, 3.05) is 6.54 Å². The molecule has 0 aliphatic rings. The van der Waals surface area contributed by atoms with Gasteiger partial charge in [-0.3, -0.25) is 0 Å². The molecule has 0 rings (SSSR count). The van der Waals surface area contributed by atoms with E-state index in [1.54, 1.807) is 0 Å². The van der Waals surface area contributed by atoms with Crippen LogP contribution < -0.4 is 74.6 Å². The Balaban J connectivity index is -0.000000245. The Morgan fingerprint density at radius 2 is 1.60 bits per heavy atom. The first-order valence-electron chi connectivity index (χ1n) is 1.77. The molecule has 1 N–H and O–H groups in total. The van der Waals surface area contributed by atoms with Crippen molar-refractivity contribution in [3.63, 3.8) is 0 Å². The Morgan fingerprint density at radius 1 is 1.20 bits per heavy atom. The fourth-order valence-electron chi connectivity index (χ4n) is 0.144. The predicted molar refractivity (Wildman–Crippen MR) is 18.4 cm³/mol. The van der Waals surface area contributed by atoms with Crippen LogP contribution in [0.5, 0.6) is 0 Å². The first-order valence-corrected chi connectivity index (χ1v) is 1.77. The third kappa shape index (κ3) is 15.9. The quantitative estimate of drug-likeness (QED) is 0.409. The molecule has 0 saturated carbocycles. The average Bonchev–Trinajstić information content (AvgIpc) is 1.61. The van der Waals surface area contributed by atoms with Gasteiger partial charge in [0, 0.05) is 0 Å². The van der Waals surface area contributed by atoms with E-state index in [9.17, 15) is 19.8 Å². The third-order valence-electron chi connectivity index (χ3n) is 0.377. The maximum atomic E-state index is 9.44. The molecule has 0 atom stereocenters. The number of hydrogen-bond donors (Lipinski definition) is 1. The fraction of sp³-hybridized carbons (Fsp3) is 0.333. The van der Waals surface area contributed by atoms with Crippen LogP contribution in [0.4, 0.5) is 4.79 Å². The molecule has 0 radical (unpaired) electrons. The summed E-state index contributed by atoms with van der Waals surface area (Å²) >= 11 is 0. The molecule has 0 saturated heterocycles. The van der Waals surface area contributed by atoms with Gasteiger partial charge < -0.3 is 25.1 Å². The summed E-state index contributed by atoms with van der Waals surface area (Å²) in [6, 6.07) is 0. The second kappa shape index (κ2) is 9.74. The summed E-state index contributed by atoms with van der Waals surface area (Å²) in [6.45, 7) is -0.720. The molecular weight excluding hydrogens is 160 g/mol. The Kier molecular flexibility index (Phi) is 16.6. The van der Waals surface area contributed by atoms with Gasteiger partial charge >= 0.3 is 59.1 Å². The van der Waals surface area contributed by atoms with Crippen molar-refractivity contribution in [1.82, 2.24) is 5.32 Å². The Bertz CT molecular complexity index is 103. The number of aliphatic carboxylic acids is 1. The number of rotatable bonds is 2. The Labute approximate surface area is 102 Å². The van der Waals surface area contributed by atoms with E-state index in [-0.39, 0.29) is 59.1 Å². The van der Waals surface area contributed by atoms with E-state index >= 15 is 0 Å². The van der Waals surface area contributed by atoms with Crippen molar-refractivity contribution in [2.24, 2.45) is 0 Å². The second-order valence-electron chi connectivity index (χ2n) is 1.01. The normalized spacial score (nSPS) is 6.40. The molecule has 0 spiro atoms. The molecule has 7 heteroatoms. The fourth-order valence-corrected chi connectivity index (χ4v) is 0.144. The standard InChI is InChI=1S/C3H5NO4.2Na/c5-2(6)1-4-3(7)8;;/h4H,1H2,(H,5,6)(H,7,8);;/q;2*+1/p-2. The van der Waals surface area contributed by atoms with Crippen LogP contribution >= 0.6 is 0 Å². The average molecular weight is 163 g/mol. The molecular formula is C3H3NNa2O4. The number of nitrogens with one attached hydrogen (secondary N) is 1. The van der Waals surface area contributed by atoms with Crippen LogP contribution in [-0.2, 0) is 4.79 Å². The molecule has 46 valence electrons. The molecule has 0 bridgehead atoms. The molecule has 0 aromatic carbocycles.